The van der Waals surface area contributed by atoms with E-state index < -0.39 is 16.6 Å². The number of ether oxygens (including phenoxy) is 1. The van der Waals surface area contributed by atoms with Crippen LogP contribution in [0.3, 0.4) is 0 Å². The fourth-order valence-electron chi connectivity index (χ4n) is 4.70. The van der Waals surface area contributed by atoms with Gasteiger partial charge in [-0.05, 0) is 88.6 Å². The molecule has 0 atom stereocenters. The van der Waals surface area contributed by atoms with Crippen LogP contribution in [0.5, 0.6) is 0 Å². The molecule has 0 aromatic heterocycles. The van der Waals surface area contributed by atoms with Crippen molar-refractivity contribution in [3.05, 3.63) is 48.5 Å². The summed E-state index contributed by atoms with van der Waals surface area (Å²) in [4.78, 5) is 28.0. The predicted molar refractivity (Wildman–Crippen MR) is 152 cm³/mol. The van der Waals surface area contributed by atoms with Gasteiger partial charge in [-0.2, -0.15) is 0 Å². The van der Waals surface area contributed by atoms with Crippen LogP contribution in [0, 0.1) is 0 Å². The molecule has 4 rings (SSSR count). The van der Waals surface area contributed by atoms with E-state index in [0.717, 1.165) is 30.2 Å². The third-order valence-corrected chi connectivity index (χ3v) is 7.71. The van der Waals surface area contributed by atoms with Crippen LogP contribution in [0.25, 0.3) is 0 Å². The van der Waals surface area contributed by atoms with Crippen molar-refractivity contribution in [2.45, 2.75) is 63.5 Å². The first-order valence-electron chi connectivity index (χ1n) is 13.0. The van der Waals surface area contributed by atoms with Crippen molar-refractivity contribution in [1.82, 2.24) is 0 Å². The highest BCUT2D eigenvalue weighted by Gasteiger charge is 2.38. The van der Waals surface area contributed by atoms with Crippen molar-refractivity contribution in [3.8, 4) is 0 Å². The van der Waals surface area contributed by atoms with Gasteiger partial charge in [-0.15, -0.1) is 11.8 Å². The average Bonchev–Trinajstić information content (AvgIpc) is 3.21. The van der Waals surface area contributed by atoms with Gasteiger partial charge < -0.3 is 25.4 Å². The van der Waals surface area contributed by atoms with Crippen LogP contribution in [0.2, 0.25) is 0 Å². The summed E-state index contributed by atoms with van der Waals surface area (Å²) in [7, 11) is 0. The Morgan fingerprint density at radius 1 is 1.03 bits per heavy atom. The third-order valence-electron chi connectivity index (χ3n) is 6.37. The monoisotopic (exact) mass is 526 g/mol. The number of anilines is 4. The van der Waals surface area contributed by atoms with E-state index in [0.29, 0.717) is 18.7 Å². The second-order valence-electron chi connectivity index (χ2n) is 10.6. The van der Waals surface area contributed by atoms with E-state index >= 15 is 0 Å². The Morgan fingerprint density at radius 2 is 1.65 bits per heavy atom. The largest absolute Gasteiger partial charge is 0.481 e. The number of benzene rings is 2. The summed E-state index contributed by atoms with van der Waals surface area (Å²) in [5.74, 6) is -0.239. The topological polar surface area (TPSA) is 94.1 Å². The number of carbonyl (C=O) groups is 2. The molecule has 0 radical (unpaired) electrons. The van der Waals surface area contributed by atoms with Crippen LogP contribution in [0.4, 0.5) is 27.5 Å². The molecule has 1 fully saturated rings. The highest BCUT2D eigenvalue weighted by Crippen LogP contribution is 2.42. The summed E-state index contributed by atoms with van der Waals surface area (Å²) < 4.78 is 5.71. The minimum absolute atomic E-state index is 0.0832. The van der Waals surface area contributed by atoms with E-state index in [-0.39, 0.29) is 12.5 Å². The summed E-state index contributed by atoms with van der Waals surface area (Å²) in [5.41, 5.74) is 3.15. The molecule has 0 unspecified atom stereocenters. The maximum absolute atomic E-state index is 13.1. The summed E-state index contributed by atoms with van der Waals surface area (Å²) in [5, 5.41) is 16.2. The van der Waals surface area contributed by atoms with E-state index in [9.17, 15) is 14.7 Å². The SMILES string of the molecule is CC(C)(C)OC(=O)N(CCCSC1(CC(=O)O)Nc2ccccc2N1)c1ccc(N2CCCCC2)cc1. The quantitative estimate of drug-likeness (QED) is 0.332. The van der Waals surface area contributed by atoms with Gasteiger partial charge in [-0.1, -0.05) is 12.1 Å². The van der Waals surface area contributed by atoms with Gasteiger partial charge in [0.1, 0.15) is 5.60 Å². The van der Waals surface area contributed by atoms with Crippen molar-refractivity contribution in [1.29, 1.82) is 0 Å². The molecule has 2 heterocycles. The predicted octanol–water partition coefficient (Wildman–Crippen LogP) is 6.21. The minimum atomic E-state index is -0.885. The number of nitrogens with zero attached hydrogens (tertiary/aromatic N) is 2. The molecule has 37 heavy (non-hydrogen) atoms. The number of carbonyl (C=O) groups excluding carboxylic acids is 1. The Hall–Kier alpha value is -3.07. The molecule has 8 nitrogen and oxygen atoms in total. The number of aliphatic carboxylic acids is 1. The zero-order valence-electron chi connectivity index (χ0n) is 22.0. The fraction of sp³-hybridized carbons (Fsp3) is 0.500. The number of carboxylic acids is 1. The summed E-state index contributed by atoms with van der Waals surface area (Å²) >= 11 is 1.51. The zero-order valence-corrected chi connectivity index (χ0v) is 22.8. The number of thioether (sulfide) groups is 1. The van der Waals surface area contributed by atoms with Crippen LogP contribution < -0.4 is 20.4 Å². The third kappa shape index (κ3) is 7.25. The number of amides is 1. The van der Waals surface area contributed by atoms with Gasteiger partial charge in [-0.3, -0.25) is 9.69 Å². The molecule has 0 spiro atoms. The van der Waals surface area contributed by atoms with Crippen molar-refractivity contribution in [2.75, 3.05) is 45.8 Å². The lowest BCUT2D eigenvalue weighted by atomic mass is 10.1. The zero-order chi connectivity index (χ0) is 26.5. The first kappa shape index (κ1) is 27.0. The molecule has 2 aromatic carbocycles. The molecule has 2 aliphatic rings. The van der Waals surface area contributed by atoms with E-state index in [1.165, 1.54) is 36.7 Å². The van der Waals surface area contributed by atoms with Gasteiger partial charge in [0.2, 0.25) is 0 Å². The van der Waals surface area contributed by atoms with Gasteiger partial charge in [-0.25, -0.2) is 4.79 Å². The van der Waals surface area contributed by atoms with Gasteiger partial charge in [0.25, 0.3) is 0 Å². The van der Waals surface area contributed by atoms with Crippen LogP contribution in [0.1, 0.15) is 52.9 Å². The Kier molecular flexibility index (Phi) is 8.42. The summed E-state index contributed by atoms with van der Waals surface area (Å²) in [6, 6.07) is 15.9. The van der Waals surface area contributed by atoms with Crippen LogP contribution >= 0.6 is 11.8 Å². The standard InChI is InChI=1S/C28H38N4O4S/c1-27(2,3)36-26(35)32(22-14-12-21(13-15-22)31-16-7-4-8-17-31)18-9-19-37-28(20-25(33)34)29-23-10-5-6-11-24(23)30-28/h5-6,10-15,29-30H,4,7-9,16-20H2,1-3H3,(H,33,34). The lowest BCUT2D eigenvalue weighted by Gasteiger charge is -2.31. The van der Waals surface area contributed by atoms with Gasteiger partial charge in [0, 0.05) is 31.0 Å². The molecule has 9 heteroatoms. The average molecular weight is 527 g/mol. The maximum Gasteiger partial charge on any atom is 0.414 e. The maximum atomic E-state index is 13.1. The number of rotatable bonds is 9. The molecule has 2 aromatic rings. The summed E-state index contributed by atoms with van der Waals surface area (Å²) in [6.07, 6.45) is 3.90. The Bertz CT molecular complexity index is 1060. The van der Waals surface area contributed by atoms with E-state index in [4.69, 9.17) is 4.74 Å². The molecular weight excluding hydrogens is 488 g/mol. The van der Waals surface area contributed by atoms with E-state index in [2.05, 4.69) is 27.7 Å². The Morgan fingerprint density at radius 3 is 2.22 bits per heavy atom. The highest BCUT2D eigenvalue weighted by atomic mass is 32.2. The number of piperidine rings is 1. The van der Waals surface area contributed by atoms with Crippen LogP contribution in [0.15, 0.2) is 48.5 Å². The lowest BCUT2D eigenvalue weighted by molar-refractivity contribution is -0.137. The molecule has 1 saturated heterocycles. The first-order chi connectivity index (χ1) is 17.6. The summed E-state index contributed by atoms with van der Waals surface area (Å²) in [6.45, 7) is 8.18. The van der Waals surface area contributed by atoms with Crippen molar-refractivity contribution >= 4 is 46.6 Å². The molecule has 200 valence electrons. The smallest absolute Gasteiger partial charge is 0.414 e. The normalized spacial score (nSPS) is 16.4. The fourth-order valence-corrected chi connectivity index (χ4v) is 5.91. The first-order valence-corrected chi connectivity index (χ1v) is 14.0. The molecule has 0 bridgehead atoms. The lowest BCUT2D eigenvalue weighted by Crippen LogP contribution is -2.41. The molecule has 0 saturated carbocycles. The van der Waals surface area contributed by atoms with E-state index in [1.54, 1.807) is 4.90 Å². The molecule has 1 amide bonds. The minimum Gasteiger partial charge on any atom is -0.481 e. The highest BCUT2D eigenvalue weighted by molar-refractivity contribution is 8.00. The number of hydrogen-bond donors (Lipinski definition) is 3. The number of fused-ring (bicyclic) bond motifs is 1. The molecule has 3 N–H and O–H groups in total. The number of hydrogen-bond acceptors (Lipinski definition) is 7. The number of nitrogens with one attached hydrogen (secondary N) is 2. The second-order valence-corrected chi connectivity index (χ2v) is 12.0. The Balaban J connectivity index is 1.42. The van der Waals surface area contributed by atoms with Crippen LogP contribution in [-0.2, 0) is 9.53 Å². The number of para-hydroxylation sites is 2. The van der Waals surface area contributed by atoms with Gasteiger partial charge in [0.15, 0.2) is 4.99 Å². The van der Waals surface area contributed by atoms with Gasteiger partial charge in [0.05, 0.1) is 17.8 Å². The van der Waals surface area contributed by atoms with Crippen molar-refractivity contribution in [2.24, 2.45) is 0 Å². The second kappa shape index (κ2) is 11.5. The Labute approximate surface area is 223 Å². The van der Waals surface area contributed by atoms with Crippen molar-refractivity contribution < 1.29 is 19.4 Å². The van der Waals surface area contributed by atoms with Crippen LogP contribution in [-0.4, -0.2) is 53.2 Å². The molecular formula is C28H38N4O4S. The molecule has 0 aliphatic carbocycles. The molecule has 2 aliphatic heterocycles. The van der Waals surface area contributed by atoms with Crippen molar-refractivity contribution in [3.63, 3.8) is 0 Å². The van der Waals surface area contributed by atoms with Gasteiger partial charge >= 0.3 is 12.1 Å². The van der Waals surface area contributed by atoms with E-state index in [1.807, 2.05) is 57.2 Å². The number of carboxylic acid groups (broad SMARTS) is 1.